The molecule has 0 saturated carbocycles. The Morgan fingerprint density at radius 2 is 1.56 bits per heavy atom. The maximum atomic E-state index is 11.9. The van der Waals surface area contributed by atoms with Gasteiger partial charge in [0.1, 0.15) is 11.5 Å². The molecule has 0 aliphatic heterocycles. The minimum Gasteiger partial charge on any atom is -0.494 e. The number of hydrogen-bond donors (Lipinski definition) is 1. The number of nitrogens with one attached hydrogen (secondary N) is 1. The molecule has 1 N–H and O–H groups in total. The van der Waals surface area contributed by atoms with E-state index in [1.54, 1.807) is 12.1 Å². The second-order valence-electron chi connectivity index (χ2n) is 5.85. The summed E-state index contributed by atoms with van der Waals surface area (Å²) >= 11 is 0. The third-order valence-electron chi connectivity index (χ3n) is 3.69. The Bertz CT molecular complexity index is 652. The Hall–Kier alpha value is -2.69. The molecular formula is C20H26N2O3. The molecule has 2 aromatic rings. The molecule has 5 heteroatoms. The number of nitrogens with zero attached hydrogens (tertiary/aromatic N) is 1. The van der Waals surface area contributed by atoms with Crippen molar-refractivity contribution >= 4 is 11.6 Å². The molecule has 0 bridgehead atoms. The molecule has 0 heterocycles. The topological polar surface area (TPSA) is 50.8 Å². The van der Waals surface area contributed by atoms with E-state index in [0.717, 1.165) is 17.9 Å². The van der Waals surface area contributed by atoms with E-state index in [9.17, 15) is 4.79 Å². The molecule has 134 valence electrons. The first-order valence-electron chi connectivity index (χ1n) is 8.47. The standard InChI is InChI=1S/C20H26N2O3/c1-4-24-18-9-11-19(12-10-18)25-15-20(23)21-14-13-16-5-7-17(8-6-16)22(2)3/h5-12H,4,13-15H2,1-3H3,(H,21,23). The molecule has 0 radical (unpaired) electrons. The normalized spacial score (nSPS) is 10.2. The summed E-state index contributed by atoms with van der Waals surface area (Å²) in [6, 6.07) is 15.6. The number of rotatable bonds is 9. The van der Waals surface area contributed by atoms with Crippen LogP contribution in [-0.4, -0.2) is 39.8 Å². The van der Waals surface area contributed by atoms with Gasteiger partial charge in [-0.2, -0.15) is 0 Å². The van der Waals surface area contributed by atoms with Crippen molar-refractivity contribution in [1.82, 2.24) is 5.32 Å². The van der Waals surface area contributed by atoms with Gasteiger partial charge >= 0.3 is 0 Å². The lowest BCUT2D eigenvalue weighted by atomic mass is 10.1. The van der Waals surface area contributed by atoms with E-state index in [-0.39, 0.29) is 12.5 Å². The Morgan fingerprint density at radius 1 is 0.960 bits per heavy atom. The van der Waals surface area contributed by atoms with Gasteiger partial charge in [-0.25, -0.2) is 0 Å². The van der Waals surface area contributed by atoms with Crippen LogP contribution in [-0.2, 0) is 11.2 Å². The lowest BCUT2D eigenvalue weighted by molar-refractivity contribution is -0.123. The molecular weight excluding hydrogens is 316 g/mol. The number of amides is 1. The molecule has 5 nitrogen and oxygen atoms in total. The predicted octanol–water partition coefficient (Wildman–Crippen LogP) is 2.89. The van der Waals surface area contributed by atoms with E-state index < -0.39 is 0 Å². The molecule has 0 fully saturated rings. The Balaban J connectivity index is 1.68. The monoisotopic (exact) mass is 342 g/mol. The van der Waals surface area contributed by atoms with Gasteiger partial charge in [0.15, 0.2) is 6.61 Å². The molecule has 0 saturated heterocycles. The highest BCUT2D eigenvalue weighted by atomic mass is 16.5. The molecule has 0 aromatic heterocycles. The maximum absolute atomic E-state index is 11.9. The zero-order valence-electron chi connectivity index (χ0n) is 15.1. The van der Waals surface area contributed by atoms with Gasteiger partial charge in [0.05, 0.1) is 6.61 Å². The average molecular weight is 342 g/mol. The van der Waals surface area contributed by atoms with E-state index in [1.807, 2.05) is 33.2 Å². The van der Waals surface area contributed by atoms with Crippen LogP contribution in [0.3, 0.4) is 0 Å². The Kier molecular flexibility index (Phi) is 7.14. The molecule has 0 spiro atoms. The average Bonchev–Trinajstić information content (AvgIpc) is 2.62. The summed E-state index contributed by atoms with van der Waals surface area (Å²) in [6.07, 6.45) is 0.794. The second-order valence-corrected chi connectivity index (χ2v) is 5.85. The van der Waals surface area contributed by atoms with Gasteiger partial charge in [0.2, 0.25) is 0 Å². The molecule has 2 rings (SSSR count). The highest BCUT2D eigenvalue weighted by Gasteiger charge is 2.03. The van der Waals surface area contributed by atoms with Crippen LogP contribution in [0.15, 0.2) is 48.5 Å². The Morgan fingerprint density at radius 3 is 2.12 bits per heavy atom. The van der Waals surface area contributed by atoms with Crippen molar-refractivity contribution < 1.29 is 14.3 Å². The number of carbonyl (C=O) groups is 1. The SMILES string of the molecule is CCOc1ccc(OCC(=O)NCCc2ccc(N(C)C)cc2)cc1. The van der Waals surface area contributed by atoms with Gasteiger partial charge in [0.25, 0.3) is 5.91 Å². The molecule has 0 aliphatic rings. The third-order valence-corrected chi connectivity index (χ3v) is 3.69. The van der Waals surface area contributed by atoms with E-state index in [1.165, 1.54) is 5.56 Å². The number of anilines is 1. The summed E-state index contributed by atoms with van der Waals surface area (Å²) in [5, 5.41) is 2.87. The lowest BCUT2D eigenvalue weighted by Crippen LogP contribution is -2.30. The summed E-state index contributed by atoms with van der Waals surface area (Å²) in [7, 11) is 4.03. The van der Waals surface area contributed by atoms with Crippen molar-refractivity contribution in [1.29, 1.82) is 0 Å². The van der Waals surface area contributed by atoms with Gasteiger partial charge in [-0.05, 0) is 55.3 Å². The highest BCUT2D eigenvalue weighted by Crippen LogP contribution is 2.17. The smallest absolute Gasteiger partial charge is 0.257 e. The van der Waals surface area contributed by atoms with Crippen molar-refractivity contribution in [2.45, 2.75) is 13.3 Å². The number of carbonyl (C=O) groups excluding carboxylic acids is 1. The first kappa shape index (κ1) is 18.6. The quantitative estimate of drug-likeness (QED) is 0.761. The second kappa shape index (κ2) is 9.57. The van der Waals surface area contributed by atoms with Gasteiger partial charge in [-0.15, -0.1) is 0 Å². The number of benzene rings is 2. The largest absolute Gasteiger partial charge is 0.494 e. The molecule has 2 aromatic carbocycles. The van der Waals surface area contributed by atoms with Crippen molar-refractivity contribution in [2.75, 3.05) is 38.8 Å². The number of hydrogen-bond acceptors (Lipinski definition) is 4. The highest BCUT2D eigenvalue weighted by molar-refractivity contribution is 5.77. The van der Waals surface area contributed by atoms with Crippen molar-refractivity contribution in [2.24, 2.45) is 0 Å². The van der Waals surface area contributed by atoms with Crippen LogP contribution in [0.1, 0.15) is 12.5 Å². The molecule has 0 atom stereocenters. The summed E-state index contributed by atoms with van der Waals surface area (Å²) in [4.78, 5) is 13.9. The first-order valence-corrected chi connectivity index (χ1v) is 8.47. The molecule has 0 aliphatic carbocycles. The number of ether oxygens (including phenoxy) is 2. The van der Waals surface area contributed by atoms with Gasteiger partial charge in [-0.1, -0.05) is 12.1 Å². The lowest BCUT2D eigenvalue weighted by Gasteiger charge is -2.13. The van der Waals surface area contributed by atoms with Gasteiger partial charge in [-0.3, -0.25) is 4.79 Å². The molecule has 0 unspecified atom stereocenters. The minimum atomic E-state index is -0.126. The van der Waals surface area contributed by atoms with E-state index in [2.05, 4.69) is 34.5 Å². The Labute approximate surface area is 149 Å². The fourth-order valence-corrected chi connectivity index (χ4v) is 2.31. The van der Waals surface area contributed by atoms with Gasteiger partial charge < -0.3 is 19.7 Å². The summed E-state index contributed by atoms with van der Waals surface area (Å²) in [5.41, 5.74) is 2.36. The maximum Gasteiger partial charge on any atom is 0.257 e. The van der Waals surface area contributed by atoms with Crippen LogP contribution in [0.2, 0.25) is 0 Å². The zero-order chi connectivity index (χ0) is 18.1. The first-order chi connectivity index (χ1) is 12.1. The summed E-state index contributed by atoms with van der Waals surface area (Å²) in [5.74, 6) is 1.32. The predicted molar refractivity (Wildman–Crippen MR) is 101 cm³/mol. The van der Waals surface area contributed by atoms with Crippen molar-refractivity contribution in [3.05, 3.63) is 54.1 Å². The fraction of sp³-hybridized carbons (Fsp3) is 0.350. The third kappa shape index (κ3) is 6.37. The van der Waals surface area contributed by atoms with Crippen LogP contribution in [0, 0.1) is 0 Å². The zero-order valence-corrected chi connectivity index (χ0v) is 15.1. The fourth-order valence-electron chi connectivity index (χ4n) is 2.31. The van der Waals surface area contributed by atoms with Crippen molar-refractivity contribution in [3.63, 3.8) is 0 Å². The molecule has 25 heavy (non-hydrogen) atoms. The minimum absolute atomic E-state index is 0.00749. The molecule has 1 amide bonds. The van der Waals surface area contributed by atoms with E-state index in [0.29, 0.717) is 18.9 Å². The van der Waals surface area contributed by atoms with Crippen LogP contribution in [0.25, 0.3) is 0 Å². The van der Waals surface area contributed by atoms with E-state index in [4.69, 9.17) is 9.47 Å². The van der Waals surface area contributed by atoms with Crippen LogP contribution >= 0.6 is 0 Å². The van der Waals surface area contributed by atoms with Crippen molar-refractivity contribution in [3.8, 4) is 11.5 Å². The van der Waals surface area contributed by atoms with Gasteiger partial charge in [0, 0.05) is 26.3 Å². The van der Waals surface area contributed by atoms with Crippen LogP contribution in [0.4, 0.5) is 5.69 Å². The van der Waals surface area contributed by atoms with Crippen LogP contribution in [0.5, 0.6) is 11.5 Å². The van der Waals surface area contributed by atoms with E-state index >= 15 is 0 Å². The summed E-state index contributed by atoms with van der Waals surface area (Å²) < 4.78 is 10.8. The van der Waals surface area contributed by atoms with Crippen LogP contribution < -0.4 is 19.7 Å². The summed E-state index contributed by atoms with van der Waals surface area (Å²) in [6.45, 7) is 3.16.